The molecule has 0 unspecified atom stereocenters. The molecule has 3 aromatic rings. The van der Waals surface area contributed by atoms with E-state index < -0.39 is 28.5 Å². The Balaban J connectivity index is 2.05. The Hall–Kier alpha value is -3.56. The molecule has 1 atom stereocenters. The lowest BCUT2D eigenvalue weighted by Crippen LogP contribution is -2.51. The molecule has 0 aliphatic rings. The number of methoxy groups -OCH3 is 1. The number of ether oxygens (including phenoxy) is 1. The minimum absolute atomic E-state index is 0.00369. The van der Waals surface area contributed by atoms with Gasteiger partial charge in [0, 0.05) is 18.1 Å². The molecule has 0 spiro atoms. The fraction of sp³-hybridized carbons (Fsp3) is 0.333. The average Bonchev–Trinajstić information content (AvgIpc) is 2.94. The molecule has 2 amide bonds. The molecule has 0 fully saturated rings. The zero-order chi connectivity index (χ0) is 29.4. The summed E-state index contributed by atoms with van der Waals surface area (Å²) in [6, 6.07) is 17.3. The molecule has 8 nitrogen and oxygen atoms in total. The van der Waals surface area contributed by atoms with Crippen molar-refractivity contribution in [1.82, 2.24) is 10.2 Å². The summed E-state index contributed by atoms with van der Waals surface area (Å²) in [6.45, 7) is 7.41. The van der Waals surface area contributed by atoms with Gasteiger partial charge in [0.1, 0.15) is 18.3 Å². The van der Waals surface area contributed by atoms with Crippen molar-refractivity contribution in [2.24, 2.45) is 0 Å². The van der Waals surface area contributed by atoms with E-state index in [4.69, 9.17) is 16.3 Å². The van der Waals surface area contributed by atoms with Crippen LogP contribution in [0.15, 0.2) is 71.6 Å². The zero-order valence-corrected chi connectivity index (χ0v) is 25.1. The summed E-state index contributed by atoms with van der Waals surface area (Å²) in [5.74, 6) is -0.246. The van der Waals surface area contributed by atoms with Gasteiger partial charge in [0.2, 0.25) is 11.8 Å². The summed E-state index contributed by atoms with van der Waals surface area (Å²) in [4.78, 5) is 28.3. The number of hydrogen-bond donors (Lipinski definition) is 1. The molecule has 0 aliphatic carbocycles. The van der Waals surface area contributed by atoms with Crippen molar-refractivity contribution >= 4 is 39.1 Å². The number of nitrogens with zero attached hydrogens (tertiary/aromatic N) is 2. The predicted molar refractivity (Wildman–Crippen MR) is 158 cm³/mol. The maximum absolute atomic E-state index is 14.0. The Labute approximate surface area is 241 Å². The average molecular weight is 586 g/mol. The van der Waals surface area contributed by atoms with Crippen LogP contribution in [0.4, 0.5) is 5.69 Å². The highest BCUT2D eigenvalue weighted by atomic mass is 35.5. The van der Waals surface area contributed by atoms with E-state index >= 15 is 0 Å². The molecule has 3 rings (SSSR count). The number of rotatable bonds is 12. The number of nitrogens with one attached hydrogen (secondary N) is 1. The number of benzene rings is 3. The SMILES string of the molecule is CCCNC(=O)[C@H](C)N(Cc1cccc(OC)c1)C(=O)CN(c1ccc(C)c(C)c1)S(=O)(=O)c1ccc(Cl)cc1. The molecule has 0 aromatic heterocycles. The van der Waals surface area contributed by atoms with Crippen LogP contribution in [-0.2, 0) is 26.2 Å². The standard InChI is InChI=1S/C30H36ClN3O5S/c1-6-16-32-30(36)23(4)33(19-24-8-7-9-27(18-24)39-5)29(35)20-34(26-13-10-21(2)22(3)17-26)40(37,38)28-14-11-25(31)12-15-28/h7-15,17-18,23H,6,16,19-20H2,1-5H3,(H,32,36)/t23-/m0/s1. The van der Waals surface area contributed by atoms with Gasteiger partial charge in [-0.05, 0) is 92.4 Å². The lowest BCUT2D eigenvalue weighted by atomic mass is 10.1. The number of hydrogen-bond acceptors (Lipinski definition) is 5. The van der Waals surface area contributed by atoms with Crippen LogP contribution in [0.3, 0.4) is 0 Å². The molecule has 10 heteroatoms. The van der Waals surface area contributed by atoms with E-state index in [1.54, 1.807) is 44.4 Å². The predicted octanol–water partition coefficient (Wildman–Crippen LogP) is 5.10. The summed E-state index contributed by atoms with van der Waals surface area (Å²) in [6.07, 6.45) is 0.738. The first-order valence-electron chi connectivity index (χ1n) is 13.0. The van der Waals surface area contributed by atoms with Crippen molar-refractivity contribution < 1.29 is 22.7 Å². The van der Waals surface area contributed by atoms with E-state index in [0.29, 0.717) is 23.0 Å². The number of carbonyl (C=O) groups is 2. The molecular formula is C30H36ClN3O5S. The third kappa shape index (κ3) is 7.55. The first kappa shape index (κ1) is 31.0. The second-order valence-electron chi connectivity index (χ2n) is 9.57. The van der Waals surface area contributed by atoms with E-state index in [2.05, 4.69) is 5.32 Å². The third-order valence-electron chi connectivity index (χ3n) is 6.66. The number of carbonyl (C=O) groups excluding carboxylic acids is 2. The Bertz CT molecular complexity index is 1440. The molecule has 40 heavy (non-hydrogen) atoms. The fourth-order valence-corrected chi connectivity index (χ4v) is 5.62. The summed E-state index contributed by atoms with van der Waals surface area (Å²) >= 11 is 6.01. The maximum Gasteiger partial charge on any atom is 0.264 e. The second-order valence-corrected chi connectivity index (χ2v) is 11.9. The second kappa shape index (κ2) is 13.7. The van der Waals surface area contributed by atoms with Crippen LogP contribution in [0.2, 0.25) is 5.02 Å². The Kier molecular flexibility index (Phi) is 10.6. The minimum Gasteiger partial charge on any atom is -0.497 e. The van der Waals surface area contributed by atoms with Gasteiger partial charge >= 0.3 is 0 Å². The lowest BCUT2D eigenvalue weighted by Gasteiger charge is -2.32. The van der Waals surface area contributed by atoms with E-state index in [-0.39, 0.29) is 17.3 Å². The number of amides is 2. The Morgan fingerprint density at radius 2 is 1.70 bits per heavy atom. The number of sulfonamides is 1. The van der Waals surface area contributed by atoms with Crippen LogP contribution < -0.4 is 14.4 Å². The lowest BCUT2D eigenvalue weighted by molar-refractivity contribution is -0.139. The zero-order valence-electron chi connectivity index (χ0n) is 23.5. The van der Waals surface area contributed by atoms with Gasteiger partial charge in [-0.3, -0.25) is 13.9 Å². The summed E-state index contributed by atoms with van der Waals surface area (Å²) < 4.78 is 34.2. The minimum atomic E-state index is -4.17. The van der Waals surface area contributed by atoms with Crippen molar-refractivity contribution in [3.05, 3.63) is 88.4 Å². The normalized spacial score (nSPS) is 11.9. The summed E-state index contributed by atoms with van der Waals surface area (Å²) in [5, 5.41) is 3.23. The molecule has 0 saturated carbocycles. The number of anilines is 1. The highest BCUT2D eigenvalue weighted by Crippen LogP contribution is 2.27. The van der Waals surface area contributed by atoms with Crippen LogP contribution in [0.1, 0.15) is 37.0 Å². The van der Waals surface area contributed by atoms with Gasteiger partial charge in [-0.1, -0.05) is 36.7 Å². The van der Waals surface area contributed by atoms with Crippen LogP contribution in [0, 0.1) is 13.8 Å². The van der Waals surface area contributed by atoms with Crippen molar-refractivity contribution in [3.63, 3.8) is 0 Å². The molecule has 0 saturated heterocycles. The summed E-state index contributed by atoms with van der Waals surface area (Å²) in [7, 11) is -2.62. The van der Waals surface area contributed by atoms with Gasteiger partial charge in [-0.15, -0.1) is 0 Å². The Morgan fingerprint density at radius 3 is 2.33 bits per heavy atom. The fourth-order valence-electron chi connectivity index (χ4n) is 4.09. The van der Waals surface area contributed by atoms with Crippen molar-refractivity contribution in [1.29, 1.82) is 0 Å². The molecule has 0 aliphatic heterocycles. The number of aryl methyl sites for hydroxylation is 2. The smallest absolute Gasteiger partial charge is 0.264 e. The highest BCUT2D eigenvalue weighted by Gasteiger charge is 2.32. The largest absolute Gasteiger partial charge is 0.497 e. The molecule has 214 valence electrons. The topological polar surface area (TPSA) is 96.0 Å². The van der Waals surface area contributed by atoms with Gasteiger partial charge in [0.05, 0.1) is 17.7 Å². The molecular weight excluding hydrogens is 550 g/mol. The number of halogens is 1. The van der Waals surface area contributed by atoms with E-state index in [1.807, 2.05) is 32.9 Å². The monoisotopic (exact) mass is 585 g/mol. The van der Waals surface area contributed by atoms with Gasteiger partial charge in [0.15, 0.2) is 0 Å². The van der Waals surface area contributed by atoms with Crippen LogP contribution in [0.5, 0.6) is 5.75 Å². The molecule has 0 heterocycles. The van der Waals surface area contributed by atoms with Crippen LogP contribution in [0.25, 0.3) is 0 Å². The third-order valence-corrected chi connectivity index (χ3v) is 8.70. The molecule has 0 bridgehead atoms. The van der Waals surface area contributed by atoms with Crippen molar-refractivity contribution in [3.8, 4) is 5.75 Å². The summed E-state index contributed by atoms with van der Waals surface area (Å²) in [5.41, 5.74) is 2.94. The van der Waals surface area contributed by atoms with Gasteiger partial charge in [0.25, 0.3) is 10.0 Å². The molecule has 1 N–H and O–H groups in total. The maximum atomic E-state index is 14.0. The van der Waals surface area contributed by atoms with Crippen LogP contribution in [-0.4, -0.2) is 51.4 Å². The first-order valence-corrected chi connectivity index (χ1v) is 14.9. The van der Waals surface area contributed by atoms with E-state index in [0.717, 1.165) is 27.4 Å². The Morgan fingerprint density at radius 1 is 1.00 bits per heavy atom. The van der Waals surface area contributed by atoms with Gasteiger partial charge in [-0.25, -0.2) is 8.42 Å². The van der Waals surface area contributed by atoms with Crippen LogP contribution >= 0.6 is 11.6 Å². The van der Waals surface area contributed by atoms with E-state index in [1.165, 1.54) is 29.2 Å². The highest BCUT2D eigenvalue weighted by molar-refractivity contribution is 7.92. The molecule has 3 aromatic carbocycles. The van der Waals surface area contributed by atoms with Crippen molar-refractivity contribution in [2.45, 2.75) is 51.6 Å². The van der Waals surface area contributed by atoms with E-state index in [9.17, 15) is 18.0 Å². The van der Waals surface area contributed by atoms with Gasteiger partial charge < -0.3 is 15.0 Å². The first-order chi connectivity index (χ1) is 19.0. The van der Waals surface area contributed by atoms with Crippen molar-refractivity contribution in [2.75, 3.05) is 24.5 Å². The molecule has 0 radical (unpaired) electrons. The van der Waals surface area contributed by atoms with Gasteiger partial charge in [-0.2, -0.15) is 0 Å². The quantitative estimate of drug-likeness (QED) is 0.319.